The molecule has 0 fully saturated rings. The summed E-state index contributed by atoms with van der Waals surface area (Å²) < 4.78 is 0. The topological polar surface area (TPSA) is 34.1 Å². The average Bonchev–Trinajstić information content (AvgIpc) is 1.89. The molecule has 0 aliphatic carbocycles. The fourth-order valence-corrected chi connectivity index (χ4v) is 0.467. The van der Waals surface area contributed by atoms with Gasteiger partial charge in [0.2, 0.25) is 0 Å². The Morgan fingerprint density at radius 1 is 1.40 bits per heavy atom. The number of allylic oxidation sites excluding steroid dienone is 4. The molecule has 0 aromatic heterocycles. The maximum atomic E-state index is 10.8. The molecule has 0 aromatic rings. The van der Waals surface area contributed by atoms with Crippen molar-refractivity contribution in [3.05, 3.63) is 23.8 Å². The van der Waals surface area contributed by atoms with Gasteiger partial charge in [0.05, 0.1) is 0 Å². The smallest absolute Gasteiger partial charge is 0.181 e. The number of rotatable bonds is 3. The molecule has 0 aromatic carbocycles. The lowest BCUT2D eigenvalue weighted by atomic mass is 10.2. The van der Waals surface area contributed by atoms with Crippen LogP contribution in [0.2, 0.25) is 0 Å². The van der Waals surface area contributed by atoms with E-state index < -0.39 is 0 Å². The second-order valence-corrected chi connectivity index (χ2v) is 1.85. The SMILES string of the molecule is C/C=C/C(=O)C(C)=CC=O. The van der Waals surface area contributed by atoms with Crippen molar-refractivity contribution in [2.45, 2.75) is 13.8 Å². The van der Waals surface area contributed by atoms with Gasteiger partial charge in [-0.1, -0.05) is 6.08 Å². The van der Waals surface area contributed by atoms with Crippen LogP contribution in [0.3, 0.4) is 0 Å². The van der Waals surface area contributed by atoms with Crippen molar-refractivity contribution in [1.82, 2.24) is 0 Å². The van der Waals surface area contributed by atoms with Crippen molar-refractivity contribution < 1.29 is 9.59 Å². The Morgan fingerprint density at radius 3 is 2.40 bits per heavy atom. The molecule has 54 valence electrons. The molecule has 0 heterocycles. The largest absolute Gasteiger partial charge is 0.299 e. The zero-order valence-corrected chi connectivity index (χ0v) is 6.13. The molecule has 0 aliphatic rings. The Balaban J connectivity index is 4.21. The Kier molecular flexibility index (Phi) is 4.12. The van der Waals surface area contributed by atoms with Crippen LogP contribution in [0.1, 0.15) is 13.8 Å². The van der Waals surface area contributed by atoms with Crippen LogP contribution in [0, 0.1) is 0 Å². The fraction of sp³-hybridized carbons (Fsp3) is 0.250. The van der Waals surface area contributed by atoms with Crippen molar-refractivity contribution in [3.8, 4) is 0 Å². The number of aldehydes is 1. The molecule has 0 bridgehead atoms. The number of carbonyl (C=O) groups excluding carboxylic acids is 2. The third kappa shape index (κ3) is 2.97. The van der Waals surface area contributed by atoms with Crippen LogP contribution in [0.15, 0.2) is 23.8 Å². The first-order chi connectivity index (χ1) is 4.72. The molecule has 0 saturated heterocycles. The molecule has 0 N–H and O–H groups in total. The van der Waals surface area contributed by atoms with Gasteiger partial charge in [-0.3, -0.25) is 9.59 Å². The molecule has 0 saturated carbocycles. The predicted molar refractivity (Wildman–Crippen MR) is 39.6 cm³/mol. The summed E-state index contributed by atoms with van der Waals surface area (Å²) in [5.74, 6) is -0.116. The van der Waals surface area contributed by atoms with Crippen LogP contribution in [-0.4, -0.2) is 12.1 Å². The third-order valence-electron chi connectivity index (χ3n) is 1.02. The molecule has 0 unspecified atom stereocenters. The Bertz CT molecular complexity index is 187. The predicted octanol–water partition coefficient (Wildman–Crippen LogP) is 1.28. The molecule has 0 spiro atoms. The zero-order chi connectivity index (χ0) is 7.98. The lowest BCUT2D eigenvalue weighted by Crippen LogP contribution is -1.93. The summed E-state index contributed by atoms with van der Waals surface area (Å²) in [6, 6.07) is 0. The van der Waals surface area contributed by atoms with Crippen molar-refractivity contribution in [1.29, 1.82) is 0 Å². The standard InChI is InChI=1S/C8H10O2/c1-3-4-8(10)7(2)5-6-9/h3-6H,1-2H3/b4-3+,7-5?. The summed E-state index contributed by atoms with van der Waals surface area (Å²) in [6.45, 7) is 3.36. The van der Waals surface area contributed by atoms with Gasteiger partial charge in [0.25, 0.3) is 0 Å². The first-order valence-electron chi connectivity index (χ1n) is 3.01. The van der Waals surface area contributed by atoms with Gasteiger partial charge < -0.3 is 0 Å². The van der Waals surface area contributed by atoms with E-state index in [4.69, 9.17) is 0 Å². The number of carbonyl (C=O) groups is 2. The summed E-state index contributed by atoms with van der Waals surface area (Å²) in [4.78, 5) is 20.7. The van der Waals surface area contributed by atoms with Gasteiger partial charge in [-0.15, -0.1) is 0 Å². The van der Waals surface area contributed by atoms with Gasteiger partial charge in [-0.05, 0) is 31.6 Å². The van der Waals surface area contributed by atoms with E-state index in [0.717, 1.165) is 0 Å². The maximum Gasteiger partial charge on any atom is 0.181 e. The molecule has 0 amide bonds. The van der Waals surface area contributed by atoms with Gasteiger partial charge in [-0.25, -0.2) is 0 Å². The van der Waals surface area contributed by atoms with E-state index in [-0.39, 0.29) is 5.78 Å². The minimum absolute atomic E-state index is 0.116. The van der Waals surface area contributed by atoms with Crippen LogP contribution >= 0.6 is 0 Å². The van der Waals surface area contributed by atoms with E-state index in [1.54, 1.807) is 19.9 Å². The highest BCUT2D eigenvalue weighted by molar-refractivity contribution is 6.05. The molecule has 2 heteroatoms. The van der Waals surface area contributed by atoms with Crippen LogP contribution in [-0.2, 0) is 9.59 Å². The number of hydrogen-bond acceptors (Lipinski definition) is 2. The maximum absolute atomic E-state index is 10.8. The summed E-state index contributed by atoms with van der Waals surface area (Å²) in [7, 11) is 0. The molecule has 10 heavy (non-hydrogen) atoms. The summed E-state index contributed by atoms with van der Waals surface area (Å²) >= 11 is 0. The van der Waals surface area contributed by atoms with Crippen LogP contribution in [0.4, 0.5) is 0 Å². The first-order valence-corrected chi connectivity index (χ1v) is 3.01. The van der Waals surface area contributed by atoms with Gasteiger partial charge in [0, 0.05) is 0 Å². The quantitative estimate of drug-likeness (QED) is 0.435. The van der Waals surface area contributed by atoms with Gasteiger partial charge in [0.15, 0.2) is 5.78 Å². The van der Waals surface area contributed by atoms with E-state index in [0.29, 0.717) is 11.9 Å². The molecule has 0 radical (unpaired) electrons. The summed E-state index contributed by atoms with van der Waals surface area (Å²) in [5.41, 5.74) is 0.466. The molecule has 2 nitrogen and oxygen atoms in total. The fourth-order valence-electron chi connectivity index (χ4n) is 0.467. The lowest BCUT2D eigenvalue weighted by Gasteiger charge is -1.88. The highest BCUT2D eigenvalue weighted by Gasteiger charge is 1.95. The van der Waals surface area contributed by atoms with E-state index in [1.807, 2.05) is 0 Å². The average molecular weight is 138 g/mol. The van der Waals surface area contributed by atoms with Crippen molar-refractivity contribution in [2.75, 3.05) is 0 Å². The molecule has 0 aliphatic heterocycles. The van der Waals surface area contributed by atoms with Crippen LogP contribution < -0.4 is 0 Å². The van der Waals surface area contributed by atoms with Gasteiger partial charge in [0.1, 0.15) is 6.29 Å². The van der Waals surface area contributed by atoms with Gasteiger partial charge in [-0.2, -0.15) is 0 Å². The van der Waals surface area contributed by atoms with E-state index >= 15 is 0 Å². The molecule has 0 rings (SSSR count). The van der Waals surface area contributed by atoms with Crippen LogP contribution in [0.25, 0.3) is 0 Å². The monoisotopic (exact) mass is 138 g/mol. The van der Waals surface area contributed by atoms with Gasteiger partial charge >= 0.3 is 0 Å². The Hall–Kier alpha value is -1.18. The first kappa shape index (κ1) is 8.82. The zero-order valence-electron chi connectivity index (χ0n) is 6.13. The van der Waals surface area contributed by atoms with Crippen molar-refractivity contribution in [3.63, 3.8) is 0 Å². The van der Waals surface area contributed by atoms with E-state index in [1.165, 1.54) is 12.2 Å². The normalized spacial score (nSPS) is 12.0. The van der Waals surface area contributed by atoms with Crippen molar-refractivity contribution in [2.24, 2.45) is 0 Å². The second-order valence-electron chi connectivity index (χ2n) is 1.85. The third-order valence-corrected chi connectivity index (χ3v) is 1.02. The minimum Gasteiger partial charge on any atom is -0.299 e. The van der Waals surface area contributed by atoms with Crippen LogP contribution in [0.5, 0.6) is 0 Å². The number of hydrogen-bond donors (Lipinski definition) is 0. The van der Waals surface area contributed by atoms with Crippen molar-refractivity contribution >= 4 is 12.1 Å². The summed E-state index contributed by atoms with van der Waals surface area (Å²) in [5, 5.41) is 0. The molecular weight excluding hydrogens is 128 g/mol. The molecular formula is C8H10O2. The highest BCUT2D eigenvalue weighted by Crippen LogP contribution is 1.93. The number of ketones is 1. The molecule has 0 atom stereocenters. The minimum atomic E-state index is -0.116. The second kappa shape index (κ2) is 4.68. The van der Waals surface area contributed by atoms with E-state index in [9.17, 15) is 9.59 Å². The van der Waals surface area contributed by atoms with E-state index in [2.05, 4.69) is 0 Å². The summed E-state index contributed by atoms with van der Waals surface area (Å²) in [6.07, 6.45) is 4.93. The Morgan fingerprint density at radius 2 is 2.00 bits per heavy atom. The lowest BCUT2D eigenvalue weighted by molar-refractivity contribution is -0.111. The Labute approximate surface area is 60.2 Å². The highest BCUT2D eigenvalue weighted by atomic mass is 16.1.